The number of ether oxygens (including phenoxy) is 2. The van der Waals surface area contributed by atoms with Crippen molar-refractivity contribution in [2.24, 2.45) is 5.73 Å². The fraction of sp³-hybridized carbons (Fsp3) is 0.545. The van der Waals surface area contributed by atoms with Gasteiger partial charge in [0.15, 0.2) is 5.82 Å². The van der Waals surface area contributed by atoms with E-state index in [2.05, 4.69) is 32.2 Å². The van der Waals surface area contributed by atoms with E-state index < -0.39 is 23.6 Å². The van der Waals surface area contributed by atoms with Crippen LogP contribution in [0.3, 0.4) is 0 Å². The summed E-state index contributed by atoms with van der Waals surface area (Å²) in [5.41, 5.74) is 5.97. The van der Waals surface area contributed by atoms with E-state index in [1.807, 2.05) is 0 Å². The topological polar surface area (TPSA) is 190 Å². The normalized spacial score (nSPS) is 12.0. The number of tetrazole rings is 1. The number of hydrogen-bond donors (Lipinski definition) is 4. The van der Waals surface area contributed by atoms with Gasteiger partial charge in [0.25, 0.3) is 0 Å². The molecule has 0 saturated heterocycles. The molecular formula is C22H32N8O5. The maximum absolute atomic E-state index is 12.6. The summed E-state index contributed by atoms with van der Waals surface area (Å²) < 4.78 is 12.3. The lowest BCUT2D eigenvalue weighted by molar-refractivity contribution is -0.126. The number of benzene rings is 1. The molecule has 0 radical (unpaired) electrons. The van der Waals surface area contributed by atoms with Crippen molar-refractivity contribution in [1.29, 1.82) is 5.26 Å². The number of rotatable bonds is 14. The summed E-state index contributed by atoms with van der Waals surface area (Å²) in [6, 6.07) is 8.41. The van der Waals surface area contributed by atoms with Gasteiger partial charge in [-0.3, -0.25) is 4.79 Å². The van der Waals surface area contributed by atoms with Crippen molar-refractivity contribution in [3.8, 4) is 6.07 Å². The lowest BCUT2D eigenvalue weighted by Gasteiger charge is -2.24. The van der Waals surface area contributed by atoms with Crippen LogP contribution >= 0.6 is 0 Å². The van der Waals surface area contributed by atoms with Gasteiger partial charge < -0.3 is 30.9 Å². The zero-order chi connectivity index (χ0) is 25.7. The first-order valence-electron chi connectivity index (χ1n) is 11.2. The van der Waals surface area contributed by atoms with Gasteiger partial charge in [-0.15, -0.1) is 5.10 Å². The molecule has 13 nitrogen and oxygen atoms in total. The Balaban J connectivity index is 2.01. The second-order valence-corrected chi connectivity index (χ2v) is 8.29. The number of nitrogens with two attached hydrogens (primary N) is 1. The van der Waals surface area contributed by atoms with Crippen molar-refractivity contribution >= 4 is 12.0 Å². The Hall–Kier alpha value is -3.60. The van der Waals surface area contributed by atoms with Crippen LogP contribution in [-0.2, 0) is 27.4 Å². The van der Waals surface area contributed by atoms with E-state index in [4.69, 9.17) is 20.3 Å². The molecule has 2 amide bonds. The number of carbonyl (C=O) groups is 2. The molecule has 35 heavy (non-hydrogen) atoms. The van der Waals surface area contributed by atoms with Crippen LogP contribution in [0.1, 0.15) is 49.7 Å². The van der Waals surface area contributed by atoms with Crippen LogP contribution in [0.4, 0.5) is 4.79 Å². The van der Waals surface area contributed by atoms with Crippen molar-refractivity contribution in [1.82, 2.24) is 30.8 Å². The van der Waals surface area contributed by atoms with Crippen molar-refractivity contribution in [3.05, 3.63) is 41.2 Å². The van der Waals surface area contributed by atoms with Crippen molar-refractivity contribution < 1.29 is 24.2 Å². The monoisotopic (exact) mass is 488 g/mol. The second-order valence-electron chi connectivity index (χ2n) is 8.29. The molecule has 1 aromatic heterocycles. The standard InChI is InChI=1S/C22H32N8O5/c1-22(2,24)20(32)26-18(15-34-14-17-8-4-3-7-16(17)13-23)19-27-28-29-30(19)10-12-35-21(33)25-9-5-6-11-31/h3-4,7-8,18,31H,5-6,9-12,14-15,24H2,1-2H3,(H,25,33)(H,26,32)/t18-/m1/s1. The summed E-state index contributed by atoms with van der Waals surface area (Å²) in [5.74, 6) is -0.139. The summed E-state index contributed by atoms with van der Waals surface area (Å²) in [6.07, 6.45) is 0.637. The Bertz CT molecular complexity index is 998. The van der Waals surface area contributed by atoms with Gasteiger partial charge in [0, 0.05) is 13.2 Å². The molecule has 0 unspecified atom stereocenters. The number of unbranched alkanes of at least 4 members (excludes halogenated alkanes) is 1. The predicted octanol–water partition coefficient (Wildman–Crippen LogP) is 0.155. The van der Waals surface area contributed by atoms with E-state index in [9.17, 15) is 14.9 Å². The molecule has 2 aromatic rings. The number of carbonyl (C=O) groups excluding carboxylic acids is 2. The van der Waals surface area contributed by atoms with Gasteiger partial charge in [-0.1, -0.05) is 18.2 Å². The highest BCUT2D eigenvalue weighted by Gasteiger charge is 2.28. The second kappa shape index (κ2) is 14.0. The van der Waals surface area contributed by atoms with Crippen LogP contribution < -0.4 is 16.4 Å². The van der Waals surface area contributed by atoms with E-state index in [0.717, 1.165) is 0 Å². The maximum Gasteiger partial charge on any atom is 0.407 e. The summed E-state index contributed by atoms with van der Waals surface area (Å²) >= 11 is 0. The highest BCUT2D eigenvalue weighted by Crippen LogP contribution is 2.14. The molecule has 5 N–H and O–H groups in total. The Morgan fingerprint density at radius 3 is 2.80 bits per heavy atom. The minimum absolute atomic E-state index is 0.00809. The first-order chi connectivity index (χ1) is 16.8. The zero-order valence-electron chi connectivity index (χ0n) is 19.9. The lowest BCUT2D eigenvalue weighted by atomic mass is 10.1. The van der Waals surface area contributed by atoms with E-state index >= 15 is 0 Å². The number of alkyl carbamates (subject to hydrolysis) is 1. The van der Waals surface area contributed by atoms with Gasteiger partial charge in [-0.2, -0.15) is 5.26 Å². The highest BCUT2D eigenvalue weighted by atomic mass is 16.5. The summed E-state index contributed by atoms with van der Waals surface area (Å²) in [5, 5.41) is 35.0. The molecule has 1 heterocycles. The number of nitrogens with one attached hydrogen (secondary N) is 2. The van der Waals surface area contributed by atoms with Gasteiger partial charge in [-0.05, 0) is 48.7 Å². The van der Waals surface area contributed by atoms with E-state index in [1.54, 1.807) is 38.1 Å². The average molecular weight is 489 g/mol. The Kier molecular flexibility index (Phi) is 11.0. The minimum Gasteiger partial charge on any atom is -0.448 e. The molecule has 0 spiro atoms. The number of aliphatic hydroxyl groups is 1. The molecule has 2 rings (SSSR count). The van der Waals surface area contributed by atoms with E-state index in [1.165, 1.54) is 4.68 Å². The molecular weight excluding hydrogens is 456 g/mol. The fourth-order valence-electron chi connectivity index (χ4n) is 2.89. The summed E-state index contributed by atoms with van der Waals surface area (Å²) in [6.45, 7) is 3.87. The van der Waals surface area contributed by atoms with Gasteiger partial charge in [-0.25, -0.2) is 9.48 Å². The number of aliphatic hydroxyl groups excluding tert-OH is 1. The molecule has 0 aliphatic heterocycles. The summed E-state index contributed by atoms with van der Waals surface area (Å²) in [7, 11) is 0. The third kappa shape index (κ3) is 9.28. The Morgan fingerprint density at radius 2 is 2.09 bits per heavy atom. The van der Waals surface area contributed by atoms with Gasteiger partial charge in [0.05, 0.1) is 36.9 Å². The average Bonchev–Trinajstić information content (AvgIpc) is 3.29. The molecule has 13 heteroatoms. The van der Waals surface area contributed by atoms with Crippen molar-refractivity contribution in [2.45, 2.75) is 51.4 Å². The Morgan fingerprint density at radius 1 is 1.31 bits per heavy atom. The molecule has 190 valence electrons. The van der Waals surface area contributed by atoms with Crippen LogP contribution in [-0.4, -0.2) is 69.2 Å². The third-order valence-corrected chi connectivity index (χ3v) is 4.83. The van der Waals surface area contributed by atoms with Gasteiger partial charge in [0.2, 0.25) is 5.91 Å². The molecule has 0 aliphatic carbocycles. The van der Waals surface area contributed by atoms with Crippen molar-refractivity contribution in [3.63, 3.8) is 0 Å². The van der Waals surface area contributed by atoms with Crippen molar-refractivity contribution in [2.75, 3.05) is 26.4 Å². The SMILES string of the molecule is CC(C)(N)C(=O)N[C@H](COCc1ccccc1C#N)c1nnnn1CCOC(=O)NCCCCO. The van der Waals surface area contributed by atoms with Gasteiger partial charge >= 0.3 is 6.09 Å². The van der Waals surface area contributed by atoms with Gasteiger partial charge in [0.1, 0.15) is 12.6 Å². The van der Waals surface area contributed by atoms with Crippen LogP contribution in [0.2, 0.25) is 0 Å². The lowest BCUT2D eigenvalue weighted by Crippen LogP contribution is -2.51. The molecule has 0 bridgehead atoms. The zero-order valence-corrected chi connectivity index (χ0v) is 19.9. The molecule has 1 atom stereocenters. The maximum atomic E-state index is 12.6. The molecule has 0 aliphatic rings. The molecule has 0 fully saturated rings. The van der Waals surface area contributed by atoms with Crippen LogP contribution in [0.15, 0.2) is 24.3 Å². The first kappa shape index (κ1) is 27.6. The number of amides is 2. The van der Waals surface area contributed by atoms with Crippen LogP contribution in [0.5, 0.6) is 0 Å². The summed E-state index contributed by atoms with van der Waals surface area (Å²) in [4.78, 5) is 24.3. The highest BCUT2D eigenvalue weighted by molar-refractivity contribution is 5.85. The number of hydrogen-bond acceptors (Lipinski definition) is 10. The van der Waals surface area contributed by atoms with Crippen LogP contribution in [0, 0.1) is 11.3 Å². The first-order valence-corrected chi connectivity index (χ1v) is 11.2. The number of nitrogens with zero attached hydrogens (tertiary/aromatic N) is 5. The quantitative estimate of drug-likeness (QED) is 0.266. The largest absolute Gasteiger partial charge is 0.448 e. The smallest absolute Gasteiger partial charge is 0.407 e. The van der Waals surface area contributed by atoms with Crippen LogP contribution in [0.25, 0.3) is 0 Å². The fourth-order valence-corrected chi connectivity index (χ4v) is 2.89. The minimum atomic E-state index is -1.15. The molecule has 0 saturated carbocycles. The third-order valence-electron chi connectivity index (χ3n) is 4.83. The Labute approximate surface area is 203 Å². The number of nitriles is 1. The molecule has 1 aromatic carbocycles. The number of aromatic nitrogens is 4. The predicted molar refractivity (Wildman–Crippen MR) is 123 cm³/mol. The van der Waals surface area contributed by atoms with E-state index in [-0.39, 0.29) is 33.0 Å². The van der Waals surface area contributed by atoms with E-state index in [0.29, 0.717) is 36.3 Å².